The van der Waals surface area contributed by atoms with E-state index < -0.39 is 0 Å². The van der Waals surface area contributed by atoms with E-state index in [1.165, 1.54) is 18.4 Å². The molecular weight excluding hydrogens is 387 g/mol. The maximum Gasteiger partial charge on any atom is 0.253 e. The molecule has 2 bridgehead atoms. The minimum absolute atomic E-state index is 0. The predicted octanol–water partition coefficient (Wildman–Crippen LogP) is 2.99. The van der Waals surface area contributed by atoms with Crippen molar-refractivity contribution in [2.75, 3.05) is 13.1 Å². The maximum atomic E-state index is 12.6. The molecule has 1 amide bonds. The second-order valence-electron chi connectivity index (χ2n) is 5.64. The highest BCUT2D eigenvalue weighted by Crippen LogP contribution is 2.22. The summed E-state index contributed by atoms with van der Waals surface area (Å²) in [5.41, 5.74) is 2.06. The Bertz CT molecular complexity index is 509. The Hall–Kier alpha value is -0.330. The summed E-state index contributed by atoms with van der Waals surface area (Å²) in [4.78, 5) is 14.6. The molecule has 0 radical (unpaired) electrons. The number of likely N-dealkylation sites (tertiary alicyclic amines) is 1. The van der Waals surface area contributed by atoms with Gasteiger partial charge < -0.3 is 10.2 Å². The summed E-state index contributed by atoms with van der Waals surface area (Å²) in [6, 6.07) is 7.13. The molecule has 2 unspecified atom stereocenters. The zero-order chi connectivity index (χ0) is 13.4. The number of aryl methyl sites for hydroxylation is 1. The van der Waals surface area contributed by atoms with Crippen molar-refractivity contribution in [3.05, 3.63) is 32.9 Å². The van der Waals surface area contributed by atoms with E-state index in [4.69, 9.17) is 0 Å². The van der Waals surface area contributed by atoms with Gasteiger partial charge in [-0.05, 0) is 66.5 Å². The van der Waals surface area contributed by atoms with Crippen LogP contribution in [0.25, 0.3) is 0 Å². The summed E-state index contributed by atoms with van der Waals surface area (Å²) in [5, 5.41) is 3.61. The standard InChI is InChI=1S/C15H19IN2O.ClH/c1-10-2-3-11(8-14(10)16)15(19)18-7-6-12-4-5-13(9-18)17-12;/h2-3,8,12-13,17H,4-7,9H2,1H3;1H. The van der Waals surface area contributed by atoms with Crippen molar-refractivity contribution >= 4 is 40.9 Å². The lowest BCUT2D eigenvalue weighted by atomic mass is 10.1. The van der Waals surface area contributed by atoms with Crippen LogP contribution in [0.2, 0.25) is 0 Å². The molecular formula is C15H20ClIN2O. The van der Waals surface area contributed by atoms with E-state index in [1.54, 1.807) is 0 Å². The van der Waals surface area contributed by atoms with Crippen LogP contribution in [0.15, 0.2) is 18.2 Å². The average Bonchev–Trinajstić information content (AvgIpc) is 2.72. The third-order valence-electron chi connectivity index (χ3n) is 4.23. The van der Waals surface area contributed by atoms with Crippen molar-refractivity contribution in [3.63, 3.8) is 0 Å². The summed E-state index contributed by atoms with van der Waals surface area (Å²) >= 11 is 2.30. The number of amides is 1. The van der Waals surface area contributed by atoms with E-state index in [1.807, 2.05) is 23.1 Å². The molecule has 110 valence electrons. The smallest absolute Gasteiger partial charge is 0.253 e. The van der Waals surface area contributed by atoms with Gasteiger partial charge in [0.2, 0.25) is 0 Å². The van der Waals surface area contributed by atoms with Gasteiger partial charge in [-0.1, -0.05) is 6.07 Å². The van der Waals surface area contributed by atoms with Gasteiger partial charge in [0.15, 0.2) is 0 Å². The minimum atomic E-state index is 0. The van der Waals surface area contributed by atoms with E-state index >= 15 is 0 Å². The highest BCUT2D eigenvalue weighted by molar-refractivity contribution is 14.1. The molecule has 3 rings (SSSR count). The summed E-state index contributed by atoms with van der Waals surface area (Å²) in [6.45, 7) is 3.82. The SMILES string of the molecule is Cc1ccc(C(=O)N2CCC3CCC(C2)N3)cc1I.Cl. The van der Waals surface area contributed by atoms with Crippen LogP contribution in [0.1, 0.15) is 35.2 Å². The molecule has 1 aromatic rings. The van der Waals surface area contributed by atoms with Crippen LogP contribution in [0, 0.1) is 10.5 Å². The number of hydrogen-bond acceptors (Lipinski definition) is 2. The lowest BCUT2D eigenvalue weighted by Gasteiger charge is -2.24. The Morgan fingerprint density at radius 2 is 2.05 bits per heavy atom. The molecule has 1 aromatic carbocycles. The zero-order valence-corrected chi connectivity index (χ0v) is 14.5. The first-order chi connectivity index (χ1) is 9.13. The van der Waals surface area contributed by atoms with Gasteiger partial charge in [0.1, 0.15) is 0 Å². The fourth-order valence-corrected chi connectivity index (χ4v) is 3.55. The van der Waals surface area contributed by atoms with E-state index in [0.717, 1.165) is 28.6 Å². The van der Waals surface area contributed by atoms with Gasteiger partial charge in [-0.2, -0.15) is 0 Å². The number of nitrogens with one attached hydrogen (secondary N) is 1. The number of carbonyl (C=O) groups is 1. The largest absolute Gasteiger partial charge is 0.337 e. The van der Waals surface area contributed by atoms with Gasteiger partial charge in [0, 0.05) is 34.3 Å². The van der Waals surface area contributed by atoms with Crippen LogP contribution in [-0.2, 0) is 0 Å². The first-order valence-corrected chi connectivity index (χ1v) is 8.03. The molecule has 0 aliphatic carbocycles. The fourth-order valence-electron chi connectivity index (χ4n) is 3.04. The second-order valence-corrected chi connectivity index (χ2v) is 6.80. The van der Waals surface area contributed by atoms with Crippen LogP contribution in [-0.4, -0.2) is 36.0 Å². The molecule has 2 saturated heterocycles. The van der Waals surface area contributed by atoms with Crippen molar-refractivity contribution in [2.45, 2.75) is 38.3 Å². The summed E-state index contributed by atoms with van der Waals surface area (Å²) < 4.78 is 1.16. The average molecular weight is 407 g/mol. The molecule has 20 heavy (non-hydrogen) atoms. The Morgan fingerprint density at radius 1 is 1.30 bits per heavy atom. The fraction of sp³-hybridized carbons (Fsp3) is 0.533. The van der Waals surface area contributed by atoms with Gasteiger partial charge in [-0.25, -0.2) is 0 Å². The van der Waals surface area contributed by atoms with E-state index in [0.29, 0.717) is 12.1 Å². The number of benzene rings is 1. The zero-order valence-electron chi connectivity index (χ0n) is 11.6. The van der Waals surface area contributed by atoms with Crippen LogP contribution < -0.4 is 5.32 Å². The van der Waals surface area contributed by atoms with Crippen molar-refractivity contribution in [2.24, 2.45) is 0 Å². The second kappa shape index (κ2) is 6.62. The summed E-state index contributed by atoms with van der Waals surface area (Å²) in [5.74, 6) is 0.187. The third-order valence-corrected chi connectivity index (χ3v) is 5.39. The molecule has 2 fully saturated rings. The van der Waals surface area contributed by atoms with Crippen molar-refractivity contribution in [1.29, 1.82) is 0 Å². The van der Waals surface area contributed by atoms with Crippen LogP contribution >= 0.6 is 35.0 Å². The monoisotopic (exact) mass is 406 g/mol. The molecule has 2 atom stereocenters. The van der Waals surface area contributed by atoms with E-state index in [2.05, 4.69) is 34.8 Å². The normalized spacial score (nSPS) is 25.0. The molecule has 3 nitrogen and oxygen atoms in total. The van der Waals surface area contributed by atoms with Gasteiger partial charge >= 0.3 is 0 Å². The molecule has 0 saturated carbocycles. The predicted molar refractivity (Wildman–Crippen MR) is 91.6 cm³/mol. The quantitative estimate of drug-likeness (QED) is 0.727. The van der Waals surface area contributed by atoms with Crippen molar-refractivity contribution in [3.8, 4) is 0 Å². The van der Waals surface area contributed by atoms with Crippen molar-refractivity contribution < 1.29 is 4.79 Å². The number of nitrogens with zero attached hydrogens (tertiary/aromatic N) is 1. The molecule has 2 heterocycles. The van der Waals surface area contributed by atoms with Gasteiger partial charge in [0.25, 0.3) is 5.91 Å². The summed E-state index contributed by atoms with van der Waals surface area (Å²) in [7, 11) is 0. The summed E-state index contributed by atoms with van der Waals surface area (Å²) in [6.07, 6.45) is 3.57. The first kappa shape index (κ1) is 16.0. The Balaban J connectivity index is 0.00000147. The highest BCUT2D eigenvalue weighted by Gasteiger charge is 2.31. The van der Waals surface area contributed by atoms with Crippen LogP contribution in [0.4, 0.5) is 0 Å². The number of fused-ring (bicyclic) bond motifs is 2. The number of hydrogen-bond donors (Lipinski definition) is 1. The molecule has 2 aliphatic heterocycles. The first-order valence-electron chi connectivity index (χ1n) is 6.95. The van der Waals surface area contributed by atoms with Gasteiger partial charge in [0.05, 0.1) is 0 Å². The van der Waals surface area contributed by atoms with Gasteiger partial charge in [-0.15, -0.1) is 12.4 Å². The minimum Gasteiger partial charge on any atom is -0.337 e. The number of rotatable bonds is 1. The molecule has 0 aromatic heterocycles. The third kappa shape index (κ3) is 3.28. The Kier molecular flexibility index (Phi) is 5.31. The topological polar surface area (TPSA) is 32.3 Å². The lowest BCUT2D eigenvalue weighted by Crippen LogP contribution is -2.39. The lowest BCUT2D eigenvalue weighted by molar-refractivity contribution is 0.0748. The highest BCUT2D eigenvalue weighted by atomic mass is 127. The molecule has 5 heteroatoms. The van der Waals surface area contributed by atoms with E-state index in [9.17, 15) is 4.79 Å². The Labute approximate surface area is 140 Å². The number of halogens is 2. The molecule has 2 aliphatic rings. The Morgan fingerprint density at radius 3 is 2.80 bits per heavy atom. The van der Waals surface area contributed by atoms with Gasteiger partial charge in [-0.3, -0.25) is 4.79 Å². The van der Waals surface area contributed by atoms with Crippen LogP contribution in [0.3, 0.4) is 0 Å². The maximum absolute atomic E-state index is 12.6. The molecule has 0 spiro atoms. The van der Waals surface area contributed by atoms with Crippen LogP contribution in [0.5, 0.6) is 0 Å². The number of carbonyl (C=O) groups excluding carboxylic acids is 1. The van der Waals surface area contributed by atoms with E-state index in [-0.39, 0.29) is 18.3 Å². The van der Waals surface area contributed by atoms with Crippen molar-refractivity contribution in [1.82, 2.24) is 10.2 Å². The molecule has 1 N–H and O–H groups in total.